The highest BCUT2D eigenvalue weighted by molar-refractivity contribution is 7.19. The molecule has 2 N–H and O–H groups in total. The highest BCUT2D eigenvalue weighted by atomic mass is 32.1. The summed E-state index contributed by atoms with van der Waals surface area (Å²) < 4.78 is 1.25. The molecule has 0 amide bonds. The van der Waals surface area contributed by atoms with Gasteiger partial charge in [-0.25, -0.2) is 0 Å². The molecular weight excluding hydrogens is 867 g/mol. The lowest BCUT2D eigenvalue weighted by molar-refractivity contribution is 0.482. The van der Waals surface area contributed by atoms with Gasteiger partial charge in [-0.3, -0.25) is 9.98 Å². The first-order valence-electron chi connectivity index (χ1n) is 25.7. The van der Waals surface area contributed by atoms with Gasteiger partial charge in [0.2, 0.25) is 0 Å². The molecule has 1 saturated carbocycles. The maximum absolute atomic E-state index is 7.19. The Balaban J connectivity index is 0.000000686. The van der Waals surface area contributed by atoms with Gasteiger partial charge in [0.1, 0.15) is 0 Å². The second-order valence-electron chi connectivity index (χ2n) is 17.7. The molecule has 0 radical (unpaired) electrons. The largest absolute Gasteiger partial charge is 0.398 e. The van der Waals surface area contributed by atoms with E-state index in [1.165, 1.54) is 42.8 Å². The Morgan fingerprint density at radius 1 is 0.843 bits per heavy atom. The van der Waals surface area contributed by atoms with E-state index in [-0.39, 0.29) is 0 Å². The summed E-state index contributed by atoms with van der Waals surface area (Å²) in [5, 5.41) is 1.20. The number of fused-ring (bicyclic) bond motifs is 2. The van der Waals surface area contributed by atoms with Crippen molar-refractivity contribution >= 4 is 44.2 Å². The molecule has 0 spiro atoms. The zero-order valence-corrected chi connectivity index (χ0v) is 45.0. The molecule has 8 rings (SSSR count). The van der Waals surface area contributed by atoms with Crippen molar-refractivity contribution in [2.75, 3.05) is 7.05 Å². The van der Waals surface area contributed by atoms with Crippen LogP contribution in [0.25, 0.3) is 43.7 Å². The van der Waals surface area contributed by atoms with E-state index in [0.29, 0.717) is 23.5 Å². The summed E-state index contributed by atoms with van der Waals surface area (Å²) in [6.45, 7) is 23.2. The predicted octanol–water partition coefficient (Wildman–Crippen LogP) is 18.5. The average molecular weight is 944 g/mol. The first kappa shape index (κ1) is 54.4. The van der Waals surface area contributed by atoms with E-state index in [9.17, 15) is 0 Å². The van der Waals surface area contributed by atoms with Gasteiger partial charge in [0.15, 0.2) is 0 Å². The lowest BCUT2D eigenvalue weighted by Gasteiger charge is -2.19. The molecule has 3 aliphatic carbocycles. The van der Waals surface area contributed by atoms with E-state index in [4.69, 9.17) is 15.7 Å². The fourth-order valence-electron chi connectivity index (χ4n) is 9.06. The van der Waals surface area contributed by atoms with Crippen LogP contribution in [0.4, 0.5) is 0 Å². The Morgan fingerprint density at radius 3 is 2.27 bits per heavy atom. The van der Waals surface area contributed by atoms with E-state index in [1.807, 2.05) is 71.2 Å². The summed E-state index contributed by atoms with van der Waals surface area (Å²) in [7, 11) is 1.84. The second kappa shape index (κ2) is 27.6. The molecule has 2 atom stereocenters. The van der Waals surface area contributed by atoms with Crippen LogP contribution in [0.1, 0.15) is 127 Å². The minimum absolute atomic E-state index is 0.375. The van der Waals surface area contributed by atoms with Crippen molar-refractivity contribution in [2.24, 2.45) is 33.5 Å². The molecule has 0 aliphatic heterocycles. The Morgan fingerprint density at radius 2 is 1.59 bits per heavy atom. The standard InChI is InChI=1S/C54H51N3S.C8H14.2C2H6/c1-6-7-20-48-37(4)58-53-28-27-40(32-50(48)53)42-29-43(51(55)34-52(56-5)39-25-23-38(24-26-39)46-21-15-14-16-35(46)2)31-44(30-42)54(57-45-18-11-9-12-19-45)49-33-41-17-10-8-13-22-47(41)36(49)3;1-4-5-6-7-8(2)3;2*1-2/h8-12,14-18,21,23-32,34,36,47H,6,13,19,22,33,55H2,1-5H3;4-8H,1-3H3;2*1-2H3/b51-34-,54-49-,56-52?,57-45?;5-4-,7-6-;;. The number of nitrogens with two attached hydrogens (primary N) is 1. The fourth-order valence-corrected chi connectivity index (χ4v) is 10.1. The van der Waals surface area contributed by atoms with Gasteiger partial charge in [0, 0.05) is 57.4 Å². The third kappa shape index (κ3) is 14.0. The molecule has 4 aromatic carbocycles. The zero-order chi connectivity index (χ0) is 50.6. The lowest BCUT2D eigenvalue weighted by Crippen LogP contribution is -2.08. The third-order valence-electron chi connectivity index (χ3n) is 12.6. The van der Waals surface area contributed by atoms with Crippen LogP contribution in [0.3, 0.4) is 0 Å². The van der Waals surface area contributed by atoms with Gasteiger partial charge >= 0.3 is 0 Å². The van der Waals surface area contributed by atoms with Crippen molar-refractivity contribution in [3.8, 4) is 34.1 Å². The van der Waals surface area contributed by atoms with Crippen LogP contribution in [0.15, 0.2) is 179 Å². The van der Waals surface area contributed by atoms with Crippen LogP contribution in [0, 0.1) is 43.4 Å². The molecule has 5 aromatic rings. The molecular formula is C66H77N3S. The average Bonchev–Trinajstić information content (AvgIpc) is 3.75. The van der Waals surface area contributed by atoms with E-state index in [1.54, 1.807) is 0 Å². The van der Waals surface area contributed by atoms with Gasteiger partial charge in [-0.2, -0.15) is 0 Å². The molecule has 0 saturated heterocycles. The number of allylic oxidation sites excluding steroid dienone is 14. The summed E-state index contributed by atoms with van der Waals surface area (Å²) in [6, 6.07) is 30.7. The maximum Gasteiger partial charge on any atom is 0.0704 e. The molecule has 362 valence electrons. The molecule has 3 aliphatic rings. The number of hydrogen-bond acceptors (Lipinski definition) is 4. The maximum atomic E-state index is 7.19. The van der Waals surface area contributed by atoms with Crippen molar-refractivity contribution in [1.82, 2.24) is 0 Å². The summed E-state index contributed by atoms with van der Waals surface area (Å²) in [5.74, 6) is 8.36. The minimum atomic E-state index is 0.375. The van der Waals surface area contributed by atoms with Gasteiger partial charge in [0.25, 0.3) is 0 Å². The summed E-state index contributed by atoms with van der Waals surface area (Å²) in [6.07, 6.45) is 30.6. The van der Waals surface area contributed by atoms with Crippen LogP contribution in [0.2, 0.25) is 0 Å². The van der Waals surface area contributed by atoms with Crippen LogP contribution in [-0.4, -0.2) is 18.5 Å². The summed E-state index contributed by atoms with van der Waals surface area (Å²) in [5.41, 5.74) is 23.8. The second-order valence-corrected chi connectivity index (χ2v) is 19.0. The first-order valence-corrected chi connectivity index (χ1v) is 26.5. The normalized spacial score (nSPS) is 17.8. The number of thiophene rings is 1. The van der Waals surface area contributed by atoms with Crippen molar-refractivity contribution in [1.29, 1.82) is 0 Å². The number of hydrogen-bond donors (Lipinski definition) is 1. The molecule has 2 unspecified atom stereocenters. The van der Waals surface area contributed by atoms with Crippen molar-refractivity contribution in [2.45, 2.75) is 108 Å². The van der Waals surface area contributed by atoms with E-state index in [0.717, 1.165) is 82.6 Å². The number of benzene rings is 4. The Bertz CT molecular complexity index is 2940. The van der Waals surface area contributed by atoms with E-state index < -0.39 is 0 Å². The first-order chi connectivity index (χ1) is 34.1. The Hall–Kier alpha value is -6.54. The van der Waals surface area contributed by atoms with Gasteiger partial charge < -0.3 is 5.73 Å². The quantitative estimate of drug-likeness (QED) is 0.0893. The summed E-state index contributed by atoms with van der Waals surface area (Å²) >= 11 is 1.81. The van der Waals surface area contributed by atoms with Gasteiger partial charge in [-0.05, 0) is 145 Å². The van der Waals surface area contributed by atoms with Crippen LogP contribution >= 0.6 is 11.3 Å². The van der Waals surface area contributed by atoms with Crippen LogP contribution in [0.5, 0.6) is 0 Å². The molecule has 1 fully saturated rings. The highest BCUT2D eigenvalue weighted by Crippen LogP contribution is 2.48. The lowest BCUT2D eigenvalue weighted by atomic mass is 9.88. The van der Waals surface area contributed by atoms with Gasteiger partial charge in [-0.15, -0.1) is 11.3 Å². The van der Waals surface area contributed by atoms with E-state index >= 15 is 0 Å². The third-order valence-corrected chi connectivity index (χ3v) is 13.7. The molecule has 1 aromatic heterocycles. The van der Waals surface area contributed by atoms with Crippen LogP contribution < -0.4 is 5.73 Å². The van der Waals surface area contributed by atoms with E-state index in [2.05, 4.69) is 193 Å². The number of nitrogens with zero attached hydrogens (tertiary/aromatic N) is 2. The zero-order valence-electron chi connectivity index (χ0n) is 44.2. The molecule has 1 heterocycles. The number of aliphatic imine (C=N–C) groups is 2. The fraction of sp³-hybridized carbons (Fsp3) is 0.303. The monoisotopic (exact) mass is 944 g/mol. The topological polar surface area (TPSA) is 50.7 Å². The van der Waals surface area contributed by atoms with Crippen LogP contribution in [-0.2, 0) is 0 Å². The summed E-state index contributed by atoms with van der Waals surface area (Å²) in [4.78, 5) is 11.5. The van der Waals surface area contributed by atoms with Crippen molar-refractivity contribution in [3.05, 3.63) is 202 Å². The SMILES string of the molecule is C/C=C\C=C/C(C)C.CC.CC.CCC#Cc1c(C)sc2ccc(-c3cc(/C(N)=C/C(=NC)c4ccc(-c5ccccc5C)cc4)cc(/C(N=C4C=CC=CC4)=C4\CC5=CC=CCCC5C4C)c3)cc12. The predicted molar refractivity (Wildman–Crippen MR) is 313 cm³/mol. The molecule has 4 heteroatoms. The minimum Gasteiger partial charge on any atom is -0.398 e. The molecule has 0 bridgehead atoms. The number of rotatable bonds is 9. The van der Waals surface area contributed by atoms with Gasteiger partial charge in [0.05, 0.1) is 11.4 Å². The number of aryl methyl sites for hydroxylation is 2. The molecule has 3 nitrogen and oxygen atoms in total. The Labute approximate surface area is 426 Å². The Kier molecular flexibility index (Phi) is 21.4. The van der Waals surface area contributed by atoms with Crippen molar-refractivity contribution in [3.63, 3.8) is 0 Å². The molecule has 70 heavy (non-hydrogen) atoms. The van der Waals surface area contributed by atoms with Crippen molar-refractivity contribution < 1.29 is 0 Å². The smallest absolute Gasteiger partial charge is 0.0704 e. The highest BCUT2D eigenvalue weighted by Gasteiger charge is 2.34. The van der Waals surface area contributed by atoms with Gasteiger partial charge in [-0.1, -0.05) is 188 Å².